The van der Waals surface area contributed by atoms with Gasteiger partial charge in [-0.05, 0) is 59.9 Å². The lowest BCUT2D eigenvalue weighted by atomic mass is 9.68. The molecule has 3 aromatic rings. The van der Waals surface area contributed by atoms with Crippen molar-refractivity contribution < 1.29 is 14.0 Å². The summed E-state index contributed by atoms with van der Waals surface area (Å²) in [5.41, 5.74) is 4.12. The number of hydrogen-bond acceptors (Lipinski definition) is 5. The molecule has 2 aliphatic carbocycles. The van der Waals surface area contributed by atoms with E-state index >= 15 is 0 Å². The van der Waals surface area contributed by atoms with Crippen LogP contribution in [0.25, 0.3) is 17.2 Å². The average molecular weight is 526 g/mol. The van der Waals surface area contributed by atoms with Gasteiger partial charge in [-0.25, -0.2) is 9.38 Å². The van der Waals surface area contributed by atoms with Crippen molar-refractivity contribution in [3.63, 3.8) is 0 Å². The molecule has 2 fully saturated rings. The van der Waals surface area contributed by atoms with E-state index in [-0.39, 0.29) is 34.3 Å². The first-order valence-corrected chi connectivity index (χ1v) is 13.5. The van der Waals surface area contributed by atoms with Gasteiger partial charge in [0.15, 0.2) is 5.82 Å². The Kier molecular flexibility index (Phi) is 6.08. The normalized spacial score (nSPS) is 21.4. The third kappa shape index (κ3) is 5.07. The molecule has 6 rings (SSSR count). The number of pyridine rings is 1. The highest BCUT2D eigenvalue weighted by molar-refractivity contribution is 6.12. The van der Waals surface area contributed by atoms with Gasteiger partial charge in [0.2, 0.25) is 0 Å². The van der Waals surface area contributed by atoms with E-state index in [2.05, 4.69) is 41.3 Å². The van der Waals surface area contributed by atoms with E-state index in [1.165, 1.54) is 12.1 Å². The zero-order chi connectivity index (χ0) is 27.4. The molecule has 1 spiro atoms. The maximum Gasteiger partial charge on any atom is 0.269 e. The first-order valence-electron chi connectivity index (χ1n) is 13.5. The van der Waals surface area contributed by atoms with E-state index in [0.29, 0.717) is 35.7 Å². The predicted molar refractivity (Wildman–Crippen MR) is 148 cm³/mol. The summed E-state index contributed by atoms with van der Waals surface area (Å²) in [5, 5.41) is 10.3. The number of nitrogens with one attached hydrogen (secondary N) is 2. The zero-order valence-electron chi connectivity index (χ0n) is 22.4. The van der Waals surface area contributed by atoms with Gasteiger partial charge in [-0.2, -0.15) is 5.10 Å². The van der Waals surface area contributed by atoms with Crippen LogP contribution in [0.5, 0.6) is 0 Å². The molecule has 200 valence electrons. The number of carbonyl (C=O) groups excluding carboxylic acids is 2. The number of aliphatic imine (C=N–C) groups is 1. The van der Waals surface area contributed by atoms with Crippen LogP contribution in [0.3, 0.4) is 0 Å². The molecule has 0 bridgehead atoms. The maximum atomic E-state index is 13.7. The summed E-state index contributed by atoms with van der Waals surface area (Å²) in [6.45, 7) is 6.66. The van der Waals surface area contributed by atoms with Crippen LogP contribution in [-0.2, 0) is 4.79 Å². The van der Waals surface area contributed by atoms with Crippen LogP contribution in [0.4, 0.5) is 10.2 Å². The van der Waals surface area contributed by atoms with E-state index in [9.17, 15) is 14.0 Å². The summed E-state index contributed by atoms with van der Waals surface area (Å²) >= 11 is 0. The minimum absolute atomic E-state index is 0.0652. The van der Waals surface area contributed by atoms with Crippen molar-refractivity contribution in [1.82, 2.24) is 20.5 Å². The summed E-state index contributed by atoms with van der Waals surface area (Å²) in [6, 6.07) is 10.2. The van der Waals surface area contributed by atoms with Crippen molar-refractivity contribution in [2.45, 2.75) is 52.4 Å². The highest BCUT2D eigenvalue weighted by Gasteiger charge is 2.54. The van der Waals surface area contributed by atoms with Gasteiger partial charge in [-0.3, -0.25) is 19.7 Å². The van der Waals surface area contributed by atoms with Crippen LogP contribution < -0.4 is 5.32 Å². The number of aromatic nitrogens is 3. The smallest absolute Gasteiger partial charge is 0.269 e. The molecular formula is C31H32FN5O2. The number of rotatable bonds is 5. The van der Waals surface area contributed by atoms with E-state index in [0.717, 1.165) is 36.1 Å². The van der Waals surface area contributed by atoms with Gasteiger partial charge in [0, 0.05) is 41.9 Å². The monoisotopic (exact) mass is 525 g/mol. The molecule has 3 heterocycles. The van der Waals surface area contributed by atoms with Crippen molar-refractivity contribution >= 4 is 29.3 Å². The Hall–Kier alpha value is -3.94. The lowest BCUT2D eigenvalue weighted by molar-refractivity contribution is -0.123. The SMILES string of the molecule is CC(C)(C)CNC(=O)c1[nH]nc2c1C(/C=C/c1ccc(-c3cccc(F)c3)cn1)C1C(=O)CC3(CC3)CC1=N2. The number of ketones is 1. The van der Waals surface area contributed by atoms with Crippen LogP contribution >= 0.6 is 0 Å². The minimum atomic E-state index is -0.418. The van der Waals surface area contributed by atoms with Gasteiger partial charge >= 0.3 is 0 Å². The number of benzene rings is 1. The first kappa shape index (κ1) is 25.3. The number of amides is 1. The van der Waals surface area contributed by atoms with Crippen LogP contribution in [0, 0.1) is 22.6 Å². The number of Topliss-reactive ketones (excluding diaryl/α,β-unsaturated/α-hetero) is 1. The topological polar surface area (TPSA) is 100 Å². The fourth-order valence-corrected chi connectivity index (χ4v) is 5.67. The number of nitrogens with zero attached hydrogens (tertiary/aromatic N) is 3. The molecule has 2 saturated carbocycles. The maximum absolute atomic E-state index is 13.7. The molecule has 2 atom stereocenters. The number of fused-ring (bicyclic) bond motifs is 2. The van der Waals surface area contributed by atoms with Gasteiger partial charge < -0.3 is 5.32 Å². The molecule has 0 saturated heterocycles. The predicted octanol–water partition coefficient (Wildman–Crippen LogP) is 6.03. The Labute approximate surface area is 227 Å². The molecule has 8 heteroatoms. The standard InChI is InChI=1S/C31H32FN5O2/c1-30(2,3)17-34-29(39)27-26-22(10-9-21-8-7-19(16-33-21)18-5-4-6-20(32)13-18)25-23(35-28(26)37-36-27)14-31(11-12-31)15-24(25)38/h4-10,13,16,22,25H,11-12,14-15,17H2,1-3H3,(H,34,39)(H,36,37)/b10-9+. The summed E-state index contributed by atoms with van der Waals surface area (Å²) in [6.07, 6.45) is 9.01. The lowest BCUT2D eigenvalue weighted by Crippen LogP contribution is -2.40. The van der Waals surface area contributed by atoms with Crippen molar-refractivity contribution in [2.24, 2.45) is 21.7 Å². The van der Waals surface area contributed by atoms with Crippen LogP contribution in [0.15, 0.2) is 53.7 Å². The van der Waals surface area contributed by atoms with Gasteiger partial charge in [0.1, 0.15) is 17.3 Å². The number of carbonyl (C=O) groups is 2. The highest BCUT2D eigenvalue weighted by atomic mass is 19.1. The minimum Gasteiger partial charge on any atom is -0.350 e. The number of hydrogen-bond donors (Lipinski definition) is 2. The first-order chi connectivity index (χ1) is 18.6. The molecule has 0 radical (unpaired) electrons. The Balaban J connectivity index is 1.33. The molecule has 1 aliphatic heterocycles. The fourth-order valence-electron chi connectivity index (χ4n) is 5.67. The molecule has 2 aromatic heterocycles. The second kappa shape index (κ2) is 9.36. The Bertz CT molecular complexity index is 1510. The quantitative estimate of drug-likeness (QED) is 0.425. The molecule has 2 unspecified atom stereocenters. The summed E-state index contributed by atoms with van der Waals surface area (Å²) in [4.78, 5) is 36.1. The molecule has 1 amide bonds. The number of aromatic amines is 1. The average Bonchev–Trinajstić information content (AvgIpc) is 3.48. The largest absolute Gasteiger partial charge is 0.350 e. The van der Waals surface area contributed by atoms with Gasteiger partial charge in [0.25, 0.3) is 5.91 Å². The summed E-state index contributed by atoms with van der Waals surface area (Å²) in [7, 11) is 0. The molecule has 2 N–H and O–H groups in total. The molecule has 7 nitrogen and oxygen atoms in total. The highest BCUT2D eigenvalue weighted by Crippen LogP contribution is 2.58. The van der Waals surface area contributed by atoms with Crippen molar-refractivity contribution in [1.29, 1.82) is 0 Å². The van der Waals surface area contributed by atoms with Crippen molar-refractivity contribution in [3.05, 3.63) is 71.4 Å². The van der Waals surface area contributed by atoms with Crippen LogP contribution in [0.2, 0.25) is 0 Å². The number of allylic oxidation sites excluding steroid dienone is 1. The van der Waals surface area contributed by atoms with E-state index in [1.54, 1.807) is 12.3 Å². The third-order valence-electron chi connectivity index (χ3n) is 7.92. The van der Waals surface area contributed by atoms with E-state index < -0.39 is 5.92 Å². The van der Waals surface area contributed by atoms with Crippen molar-refractivity contribution in [3.8, 4) is 11.1 Å². The number of halogens is 1. The lowest BCUT2D eigenvalue weighted by Gasteiger charge is -2.35. The Morgan fingerprint density at radius 3 is 2.69 bits per heavy atom. The fraction of sp³-hybridized carbons (Fsp3) is 0.387. The molecular weight excluding hydrogens is 493 g/mol. The van der Waals surface area contributed by atoms with Crippen LogP contribution in [-0.4, -0.2) is 39.1 Å². The molecule has 39 heavy (non-hydrogen) atoms. The Morgan fingerprint density at radius 2 is 2.00 bits per heavy atom. The number of H-pyrrole nitrogens is 1. The van der Waals surface area contributed by atoms with Gasteiger partial charge in [0.05, 0.1) is 11.6 Å². The van der Waals surface area contributed by atoms with Gasteiger partial charge in [-0.15, -0.1) is 0 Å². The van der Waals surface area contributed by atoms with E-state index in [4.69, 9.17) is 4.99 Å². The van der Waals surface area contributed by atoms with E-state index in [1.807, 2.05) is 30.4 Å². The second-order valence-electron chi connectivity index (χ2n) is 12.3. The van der Waals surface area contributed by atoms with Crippen LogP contribution in [0.1, 0.15) is 74.1 Å². The molecule has 3 aliphatic rings. The third-order valence-corrected chi connectivity index (χ3v) is 7.92. The second-order valence-corrected chi connectivity index (χ2v) is 12.3. The van der Waals surface area contributed by atoms with Gasteiger partial charge in [-0.1, -0.05) is 45.0 Å². The summed E-state index contributed by atoms with van der Waals surface area (Å²) in [5.74, 6) is -0.690. The Morgan fingerprint density at radius 1 is 1.18 bits per heavy atom. The summed E-state index contributed by atoms with van der Waals surface area (Å²) < 4.78 is 13.7. The zero-order valence-corrected chi connectivity index (χ0v) is 22.4. The van der Waals surface area contributed by atoms with Crippen molar-refractivity contribution in [2.75, 3.05) is 6.54 Å². The molecule has 1 aromatic carbocycles.